The van der Waals surface area contributed by atoms with Crippen molar-refractivity contribution >= 4 is 29.6 Å². The Kier molecular flexibility index (Phi) is 11.0. The average molecular weight is 573 g/mol. The van der Waals surface area contributed by atoms with Crippen molar-refractivity contribution in [3.05, 3.63) is 77.5 Å². The summed E-state index contributed by atoms with van der Waals surface area (Å²) in [5.74, 6) is -1.27. The molecule has 1 aliphatic carbocycles. The lowest BCUT2D eigenvalue weighted by atomic mass is 9.81. The molecule has 1 aromatic carbocycles. The zero-order chi connectivity index (χ0) is 29.9. The first-order valence-electron chi connectivity index (χ1n) is 12.4. The summed E-state index contributed by atoms with van der Waals surface area (Å²) in [5.41, 5.74) is 12.0. The maximum Gasteiger partial charge on any atom is 0.204 e. The number of carbonyl (C=O) groups excluding carboxylic acids is 1. The molecule has 0 spiro atoms. The van der Waals surface area contributed by atoms with E-state index >= 15 is 0 Å². The quantitative estimate of drug-likeness (QED) is 0.121. The molecule has 4 aromatic rings. The van der Waals surface area contributed by atoms with Crippen LogP contribution in [-0.4, -0.2) is 50.1 Å². The molecule has 1 amide bonds. The van der Waals surface area contributed by atoms with Crippen molar-refractivity contribution in [1.29, 1.82) is 5.41 Å². The van der Waals surface area contributed by atoms with Gasteiger partial charge in [-0.1, -0.05) is 6.42 Å². The summed E-state index contributed by atoms with van der Waals surface area (Å²) >= 11 is 0. The van der Waals surface area contributed by atoms with Gasteiger partial charge in [0.15, 0.2) is 24.3 Å². The van der Waals surface area contributed by atoms with Gasteiger partial charge < -0.3 is 21.1 Å². The van der Waals surface area contributed by atoms with Crippen LogP contribution in [0.2, 0.25) is 0 Å². The van der Waals surface area contributed by atoms with Crippen LogP contribution in [-0.2, 0) is 4.79 Å². The van der Waals surface area contributed by atoms with Crippen molar-refractivity contribution in [3.8, 4) is 11.5 Å². The Bertz CT molecular complexity index is 1530. The van der Waals surface area contributed by atoms with E-state index in [0.717, 1.165) is 31.3 Å². The molecular weight excluding hydrogens is 544 g/mol. The number of halogens is 4. The molecule has 14 heteroatoms. The third-order valence-electron chi connectivity index (χ3n) is 6.42. The number of nitrogens with one attached hydrogen (secondary N) is 1. The summed E-state index contributed by atoms with van der Waals surface area (Å²) in [6.07, 6.45) is 6.81. The van der Waals surface area contributed by atoms with Crippen LogP contribution in [0.25, 0.3) is 22.6 Å². The van der Waals surface area contributed by atoms with Gasteiger partial charge in [0.2, 0.25) is 6.41 Å². The molecule has 1 fully saturated rings. The molecule has 1 saturated carbocycles. The molecular formula is C27H28F4N8O2. The number of aliphatic hydroxyl groups excluding tert-OH is 1. The third-order valence-corrected chi connectivity index (χ3v) is 6.42. The standard InChI is InChI=1S/C25H22F3N7.CH3FO.CH3NO/c26-15-6-7-18(27)17(10-15)14-3-1-4-16(9-14)35-22-11-20(24(30)33-13-29)32-12-21(22)34-25(35)23-19(28)5-2-8-31-23;2*2-1-3/h2,5-8,10-14,16H,1,3-4,9H2,(H3,29,30,33);3H,1H2;1H,(H2,2,3). The highest BCUT2D eigenvalue weighted by Crippen LogP contribution is 2.42. The zero-order valence-electron chi connectivity index (χ0n) is 21.7. The summed E-state index contributed by atoms with van der Waals surface area (Å²) in [6.45, 7) is -1.25. The fraction of sp³-hybridized carbons (Fsp3) is 0.259. The lowest BCUT2D eigenvalue weighted by Gasteiger charge is -2.32. The van der Waals surface area contributed by atoms with Crippen molar-refractivity contribution < 1.29 is 27.5 Å². The Morgan fingerprint density at radius 3 is 2.59 bits per heavy atom. The van der Waals surface area contributed by atoms with E-state index in [2.05, 4.69) is 25.7 Å². The molecule has 3 aromatic heterocycles. The number of amides is 1. The molecule has 10 nitrogen and oxygen atoms in total. The minimum Gasteiger partial charge on any atom is -0.382 e. The largest absolute Gasteiger partial charge is 0.382 e. The number of aromatic nitrogens is 4. The van der Waals surface area contributed by atoms with Gasteiger partial charge in [-0.2, -0.15) is 0 Å². The van der Waals surface area contributed by atoms with Gasteiger partial charge in [0.25, 0.3) is 0 Å². The van der Waals surface area contributed by atoms with E-state index in [1.165, 1.54) is 30.6 Å². The minimum atomic E-state index is -1.25. The summed E-state index contributed by atoms with van der Waals surface area (Å²) < 4.78 is 55.1. The number of aliphatic imine (C=N–C) groups is 1. The summed E-state index contributed by atoms with van der Waals surface area (Å²) in [7, 11) is 0. The SMILES string of the molecule is N=CN=C(N)c1cc2c(cn1)nc(-c1ncccc1F)n2C1CCCC(c2cc(F)ccc2F)C1.NC=O.OCF. The van der Waals surface area contributed by atoms with Gasteiger partial charge in [0.1, 0.15) is 34.9 Å². The smallest absolute Gasteiger partial charge is 0.204 e. The first kappa shape index (κ1) is 30.8. The van der Waals surface area contributed by atoms with Crippen LogP contribution in [0.3, 0.4) is 0 Å². The third kappa shape index (κ3) is 7.28. The molecule has 6 N–H and O–H groups in total. The van der Waals surface area contributed by atoms with E-state index in [9.17, 15) is 17.6 Å². The number of pyridine rings is 2. The number of primary amides is 1. The lowest BCUT2D eigenvalue weighted by Crippen LogP contribution is -2.20. The maximum absolute atomic E-state index is 14.8. The molecule has 3 heterocycles. The number of nitrogens with zero attached hydrogens (tertiary/aromatic N) is 5. The number of alkyl halides is 1. The molecule has 0 aliphatic heterocycles. The van der Waals surface area contributed by atoms with Gasteiger partial charge >= 0.3 is 0 Å². The van der Waals surface area contributed by atoms with Gasteiger partial charge in [0, 0.05) is 12.2 Å². The van der Waals surface area contributed by atoms with Crippen LogP contribution in [0, 0.1) is 22.9 Å². The molecule has 5 rings (SSSR count). The van der Waals surface area contributed by atoms with Gasteiger partial charge in [-0.25, -0.2) is 32.5 Å². The van der Waals surface area contributed by atoms with Crippen LogP contribution < -0.4 is 11.5 Å². The first-order chi connectivity index (χ1) is 19.8. The van der Waals surface area contributed by atoms with Gasteiger partial charge in [-0.3, -0.25) is 15.2 Å². The van der Waals surface area contributed by atoms with E-state index in [4.69, 9.17) is 21.0 Å². The van der Waals surface area contributed by atoms with Crippen LogP contribution in [0.4, 0.5) is 17.6 Å². The number of hydrogen-bond acceptors (Lipinski definition) is 6. The van der Waals surface area contributed by atoms with Gasteiger partial charge in [-0.05, 0) is 67.1 Å². The van der Waals surface area contributed by atoms with E-state index < -0.39 is 24.3 Å². The molecule has 0 saturated heterocycles. The van der Waals surface area contributed by atoms with Crippen LogP contribution in [0.15, 0.2) is 53.8 Å². The van der Waals surface area contributed by atoms with Crippen molar-refractivity contribution in [2.75, 3.05) is 6.86 Å². The average Bonchev–Trinajstić information content (AvgIpc) is 3.34. The molecule has 41 heavy (non-hydrogen) atoms. The molecule has 0 bridgehead atoms. The van der Waals surface area contributed by atoms with E-state index in [1.807, 2.05) is 4.57 Å². The number of fused-ring (bicyclic) bond motifs is 1. The Morgan fingerprint density at radius 1 is 1.17 bits per heavy atom. The van der Waals surface area contributed by atoms with E-state index in [-0.39, 0.29) is 29.9 Å². The first-order valence-corrected chi connectivity index (χ1v) is 12.4. The maximum atomic E-state index is 14.8. The van der Waals surface area contributed by atoms with E-state index in [1.54, 1.807) is 6.07 Å². The molecule has 2 atom stereocenters. The number of benzene rings is 1. The normalized spacial score (nSPS) is 16.7. The van der Waals surface area contributed by atoms with E-state index in [0.29, 0.717) is 41.0 Å². The van der Waals surface area contributed by atoms with Crippen molar-refractivity contribution in [1.82, 2.24) is 19.5 Å². The molecule has 1 aliphatic rings. The van der Waals surface area contributed by atoms with Gasteiger partial charge in [-0.15, -0.1) is 0 Å². The highest BCUT2D eigenvalue weighted by atomic mass is 19.1. The second-order valence-electron chi connectivity index (χ2n) is 8.78. The van der Waals surface area contributed by atoms with Crippen LogP contribution in [0.5, 0.6) is 0 Å². The Hall–Kier alpha value is -4.72. The van der Waals surface area contributed by atoms with Gasteiger partial charge in [0.05, 0.1) is 11.7 Å². The summed E-state index contributed by atoms with van der Waals surface area (Å²) in [6, 6.07) is 7.85. The van der Waals surface area contributed by atoms with Crippen LogP contribution in [0.1, 0.15) is 48.9 Å². The minimum absolute atomic E-state index is 0.0589. The fourth-order valence-electron chi connectivity index (χ4n) is 4.87. The second-order valence-corrected chi connectivity index (χ2v) is 8.78. The number of rotatable bonds is 5. The van der Waals surface area contributed by atoms with Crippen molar-refractivity contribution in [2.24, 2.45) is 16.5 Å². The zero-order valence-corrected chi connectivity index (χ0v) is 21.7. The fourth-order valence-corrected chi connectivity index (χ4v) is 4.87. The Balaban J connectivity index is 0.000000710. The van der Waals surface area contributed by atoms with Crippen LogP contribution >= 0.6 is 0 Å². The Labute approximate surface area is 232 Å². The number of nitrogens with two attached hydrogens (primary N) is 2. The molecule has 0 radical (unpaired) electrons. The summed E-state index contributed by atoms with van der Waals surface area (Å²) in [5, 5.41) is 14.1. The number of aliphatic hydroxyl groups is 1. The summed E-state index contributed by atoms with van der Waals surface area (Å²) in [4.78, 5) is 25.5. The molecule has 2 unspecified atom stereocenters. The number of hydrogen-bond donors (Lipinski definition) is 4. The van der Waals surface area contributed by atoms with Crippen molar-refractivity contribution in [2.45, 2.75) is 37.6 Å². The Morgan fingerprint density at radius 2 is 1.90 bits per heavy atom. The number of imidazole rings is 1. The monoisotopic (exact) mass is 572 g/mol. The highest BCUT2D eigenvalue weighted by Gasteiger charge is 2.30. The predicted molar refractivity (Wildman–Crippen MR) is 145 cm³/mol. The lowest BCUT2D eigenvalue weighted by molar-refractivity contribution is -0.106. The molecule has 216 valence electrons. The predicted octanol–water partition coefficient (Wildman–Crippen LogP) is 4.13. The number of carbonyl (C=O) groups is 1. The highest BCUT2D eigenvalue weighted by molar-refractivity contribution is 6.01. The number of amidine groups is 1. The second kappa shape index (κ2) is 14.6. The van der Waals surface area contributed by atoms with Crippen molar-refractivity contribution in [3.63, 3.8) is 0 Å². The topological polar surface area (TPSA) is 169 Å².